The first-order valence-corrected chi connectivity index (χ1v) is 24.8. The topological polar surface area (TPSA) is 61.7 Å². The summed E-state index contributed by atoms with van der Waals surface area (Å²) in [4.78, 5) is 16.4. The van der Waals surface area contributed by atoms with Crippen molar-refractivity contribution in [3.63, 3.8) is 0 Å². The number of furan rings is 1. The molecule has 0 bridgehead atoms. The third-order valence-electron chi connectivity index (χ3n) is 15.1. The van der Waals surface area contributed by atoms with Gasteiger partial charge in [-0.05, 0) is 86.9 Å². The van der Waals surface area contributed by atoms with Crippen LogP contribution in [0.25, 0.3) is 154 Å². The van der Waals surface area contributed by atoms with Gasteiger partial charge in [0.05, 0.1) is 27.8 Å². The fraction of sp³-hybridized carbons (Fsp3) is 0. The Balaban J connectivity index is 1.03. The van der Waals surface area contributed by atoms with Crippen LogP contribution in [0, 0.1) is 0 Å². The van der Waals surface area contributed by atoms with Gasteiger partial charge in [-0.1, -0.05) is 182 Å². The molecule has 16 aromatic rings. The number of nitrogens with zero attached hydrogens (tertiary/aromatic N) is 5. The molecule has 4 heterocycles. The number of hydrogen-bond donors (Lipinski definition) is 0. The van der Waals surface area contributed by atoms with E-state index < -0.39 is 0 Å². The van der Waals surface area contributed by atoms with Gasteiger partial charge in [0.25, 0.3) is 0 Å². The molecule has 16 rings (SSSR count). The molecule has 0 aliphatic rings. The standard InChI is InChI=1S/C67H39N5O/c1-2-21-47(22-3-1)71-58-28-13-12-26-51(58)52-32-31-45(38-59(52)71)65-68-66(70-67(69-65)55-27-14-20-40-15-6-9-23-48(40)55)46-36-57-54-34-30-42-17-8-11-25-50(42)63(54)73-64(57)61(39-46)72-60-37-44-19-5-4-18-43(44)35-56(60)53-33-29-41-16-7-10-24-49(41)62(53)72/h1-39H. The van der Waals surface area contributed by atoms with E-state index >= 15 is 0 Å². The lowest BCUT2D eigenvalue weighted by atomic mass is 10.0. The number of aromatic nitrogens is 5. The summed E-state index contributed by atoms with van der Waals surface area (Å²) < 4.78 is 12.1. The van der Waals surface area contributed by atoms with E-state index in [2.05, 4.69) is 246 Å². The highest BCUT2D eigenvalue weighted by atomic mass is 16.3. The van der Waals surface area contributed by atoms with Gasteiger partial charge in [-0.3, -0.25) is 0 Å². The van der Waals surface area contributed by atoms with E-state index in [4.69, 9.17) is 19.4 Å². The van der Waals surface area contributed by atoms with Gasteiger partial charge < -0.3 is 13.6 Å². The molecule has 73 heavy (non-hydrogen) atoms. The first-order valence-electron chi connectivity index (χ1n) is 24.8. The SMILES string of the molecule is c1ccc(-n2c3ccccc3c3ccc(-c4nc(-c5cc(-n6c7cc8ccccc8cc7c7ccc8ccccc8c76)c6oc7c8ccccc8ccc7c6c5)nc(-c5cccc6ccccc56)n4)cc32)cc1. The quantitative estimate of drug-likeness (QED) is 0.173. The van der Waals surface area contributed by atoms with E-state index in [1.807, 2.05) is 0 Å². The van der Waals surface area contributed by atoms with Crippen molar-refractivity contribution >= 4 is 109 Å². The molecule has 0 saturated heterocycles. The lowest BCUT2D eigenvalue weighted by Crippen LogP contribution is -2.02. The van der Waals surface area contributed by atoms with E-state index in [1.54, 1.807) is 0 Å². The maximum atomic E-state index is 7.28. The van der Waals surface area contributed by atoms with E-state index in [9.17, 15) is 0 Å². The second kappa shape index (κ2) is 15.3. The highest BCUT2D eigenvalue weighted by Crippen LogP contribution is 2.45. The number of rotatable bonds is 5. The van der Waals surface area contributed by atoms with E-state index in [0.29, 0.717) is 17.5 Å². The minimum absolute atomic E-state index is 0.561. The smallest absolute Gasteiger partial charge is 0.164 e. The Labute approximate surface area is 417 Å². The molecule has 0 saturated carbocycles. The first kappa shape index (κ1) is 39.9. The van der Waals surface area contributed by atoms with Crippen LogP contribution in [0.5, 0.6) is 0 Å². The Bertz CT molecular complexity index is 4980. The van der Waals surface area contributed by atoms with Crippen molar-refractivity contribution < 1.29 is 4.42 Å². The zero-order chi connectivity index (χ0) is 47.7. The van der Waals surface area contributed by atoms with Crippen LogP contribution < -0.4 is 0 Å². The highest BCUT2D eigenvalue weighted by molar-refractivity contribution is 6.23. The molecule has 0 aliphatic carbocycles. The highest BCUT2D eigenvalue weighted by Gasteiger charge is 2.24. The lowest BCUT2D eigenvalue weighted by Gasteiger charge is -2.14. The van der Waals surface area contributed by atoms with Gasteiger partial charge in [-0.2, -0.15) is 0 Å². The van der Waals surface area contributed by atoms with Crippen molar-refractivity contribution in [2.45, 2.75) is 0 Å². The molecule has 0 radical (unpaired) electrons. The summed E-state index contributed by atoms with van der Waals surface area (Å²) in [6, 6.07) is 84.5. The summed E-state index contributed by atoms with van der Waals surface area (Å²) in [5.74, 6) is 1.74. The molecule has 6 nitrogen and oxygen atoms in total. The van der Waals surface area contributed by atoms with Crippen LogP contribution in [-0.2, 0) is 0 Å². The zero-order valence-corrected chi connectivity index (χ0v) is 39.2. The van der Waals surface area contributed by atoms with Gasteiger partial charge >= 0.3 is 0 Å². The maximum Gasteiger partial charge on any atom is 0.164 e. The normalized spacial score (nSPS) is 12.1. The van der Waals surface area contributed by atoms with Gasteiger partial charge in [0, 0.05) is 65.5 Å². The molecule has 4 aromatic heterocycles. The van der Waals surface area contributed by atoms with Gasteiger partial charge in [0.15, 0.2) is 23.1 Å². The van der Waals surface area contributed by atoms with Crippen molar-refractivity contribution in [3.05, 3.63) is 237 Å². The first-order chi connectivity index (χ1) is 36.2. The van der Waals surface area contributed by atoms with Crippen LogP contribution in [0.4, 0.5) is 0 Å². The number of benzene rings is 12. The summed E-state index contributed by atoms with van der Waals surface area (Å²) in [6.07, 6.45) is 0. The monoisotopic (exact) mass is 929 g/mol. The minimum Gasteiger partial charge on any atom is -0.453 e. The minimum atomic E-state index is 0.561. The molecule has 0 N–H and O–H groups in total. The molecule has 0 amide bonds. The van der Waals surface area contributed by atoms with Crippen LogP contribution in [0.15, 0.2) is 241 Å². The molecule has 0 atom stereocenters. The molecule has 6 heteroatoms. The second-order valence-electron chi connectivity index (χ2n) is 19.1. The molecular formula is C67H39N5O. The molecular weight excluding hydrogens is 891 g/mol. The fourth-order valence-electron chi connectivity index (χ4n) is 11.7. The van der Waals surface area contributed by atoms with Crippen LogP contribution >= 0.6 is 0 Å². The Hall–Kier alpha value is -9.91. The summed E-state index contributed by atoms with van der Waals surface area (Å²) >= 11 is 0. The third kappa shape index (κ3) is 5.95. The predicted molar refractivity (Wildman–Crippen MR) is 302 cm³/mol. The fourth-order valence-corrected chi connectivity index (χ4v) is 11.7. The van der Waals surface area contributed by atoms with Crippen LogP contribution in [0.3, 0.4) is 0 Å². The van der Waals surface area contributed by atoms with Gasteiger partial charge in [-0.25, -0.2) is 15.0 Å². The van der Waals surface area contributed by atoms with Crippen molar-refractivity contribution in [1.29, 1.82) is 0 Å². The average Bonchev–Trinajstić information content (AvgIpc) is 4.12. The molecule has 0 spiro atoms. The largest absolute Gasteiger partial charge is 0.453 e. The van der Waals surface area contributed by atoms with Gasteiger partial charge in [0.1, 0.15) is 5.58 Å². The van der Waals surface area contributed by atoms with Crippen molar-refractivity contribution in [2.75, 3.05) is 0 Å². The number of fused-ring (bicyclic) bond motifs is 15. The number of para-hydroxylation sites is 2. The Morgan fingerprint density at radius 2 is 0.863 bits per heavy atom. The molecule has 0 unspecified atom stereocenters. The maximum absolute atomic E-state index is 7.28. The Morgan fingerprint density at radius 1 is 0.288 bits per heavy atom. The molecule has 0 aliphatic heterocycles. The van der Waals surface area contributed by atoms with Crippen molar-refractivity contribution in [1.82, 2.24) is 24.1 Å². The molecule has 12 aromatic carbocycles. The van der Waals surface area contributed by atoms with Crippen molar-refractivity contribution in [3.8, 4) is 45.5 Å². The van der Waals surface area contributed by atoms with Gasteiger partial charge in [0.2, 0.25) is 0 Å². The molecule has 338 valence electrons. The summed E-state index contributed by atoms with van der Waals surface area (Å²) in [7, 11) is 0. The summed E-state index contributed by atoms with van der Waals surface area (Å²) in [6.45, 7) is 0. The van der Waals surface area contributed by atoms with E-state index in [0.717, 1.165) is 115 Å². The van der Waals surface area contributed by atoms with E-state index in [1.165, 1.54) is 21.5 Å². The summed E-state index contributed by atoms with van der Waals surface area (Å²) in [5, 5.41) is 15.7. The van der Waals surface area contributed by atoms with Crippen LogP contribution in [-0.4, -0.2) is 24.1 Å². The van der Waals surface area contributed by atoms with Crippen LogP contribution in [0.2, 0.25) is 0 Å². The summed E-state index contributed by atoms with van der Waals surface area (Å²) in [5.41, 5.74) is 10.7. The van der Waals surface area contributed by atoms with Crippen LogP contribution in [0.1, 0.15) is 0 Å². The Kier molecular flexibility index (Phi) is 8.36. The second-order valence-corrected chi connectivity index (χ2v) is 19.1. The predicted octanol–water partition coefficient (Wildman–Crippen LogP) is 17.6. The third-order valence-corrected chi connectivity index (χ3v) is 15.1. The number of hydrogen-bond acceptors (Lipinski definition) is 4. The molecule has 0 fully saturated rings. The lowest BCUT2D eigenvalue weighted by molar-refractivity contribution is 0.670. The average molecular weight is 930 g/mol. The Morgan fingerprint density at radius 3 is 1.67 bits per heavy atom. The zero-order valence-electron chi connectivity index (χ0n) is 39.2. The van der Waals surface area contributed by atoms with Crippen molar-refractivity contribution in [2.24, 2.45) is 0 Å². The van der Waals surface area contributed by atoms with Gasteiger partial charge in [-0.15, -0.1) is 0 Å². The van der Waals surface area contributed by atoms with E-state index in [-0.39, 0.29) is 0 Å².